The van der Waals surface area contributed by atoms with Crippen LogP contribution < -0.4 is 10.6 Å². The molecular weight excluding hydrogens is 447 g/mol. The van der Waals surface area contributed by atoms with E-state index in [1.807, 2.05) is 0 Å². The third-order valence-corrected chi connectivity index (χ3v) is 6.23. The maximum atomic E-state index is 13.7. The smallest absolute Gasteiger partial charge is 0.307 e. The molecule has 0 saturated carbocycles. The summed E-state index contributed by atoms with van der Waals surface area (Å²) in [5, 5.41) is 15.0. The number of nitrogens with one attached hydrogen (secondary N) is 2. The molecule has 9 heteroatoms. The van der Waals surface area contributed by atoms with Crippen molar-refractivity contribution in [1.29, 1.82) is 0 Å². The molecule has 0 fully saturated rings. The predicted octanol–water partition coefficient (Wildman–Crippen LogP) is 3.79. The summed E-state index contributed by atoms with van der Waals surface area (Å²) >= 11 is 0. The number of carboxylic acids is 1. The van der Waals surface area contributed by atoms with Gasteiger partial charge in [0, 0.05) is 17.5 Å². The lowest BCUT2D eigenvalue weighted by Gasteiger charge is -2.16. The molecule has 1 aliphatic heterocycles. The van der Waals surface area contributed by atoms with E-state index in [1.54, 1.807) is 36.4 Å². The number of anilines is 2. The van der Waals surface area contributed by atoms with Crippen LogP contribution in [0.15, 0.2) is 71.6 Å². The molecule has 3 aromatic rings. The summed E-state index contributed by atoms with van der Waals surface area (Å²) in [7, 11) is -3.38. The number of sulfone groups is 1. The third kappa shape index (κ3) is 4.78. The zero-order chi connectivity index (χ0) is 23.8. The van der Waals surface area contributed by atoms with E-state index in [2.05, 4.69) is 10.6 Å². The minimum atomic E-state index is -3.38. The molecule has 7 nitrogen and oxygen atoms in total. The number of hydrogen-bond acceptors (Lipinski definition) is 5. The number of carbonyl (C=O) groups excluding carboxylic acids is 1. The summed E-state index contributed by atoms with van der Waals surface area (Å²) in [5.41, 5.74) is 3.02. The van der Waals surface area contributed by atoms with Crippen LogP contribution in [-0.4, -0.2) is 31.7 Å². The van der Waals surface area contributed by atoms with Crippen LogP contribution in [0.1, 0.15) is 16.7 Å². The molecule has 1 heterocycles. The van der Waals surface area contributed by atoms with Gasteiger partial charge in [0.15, 0.2) is 9.84 Å². The Labute approximate surface area is 189 Å². The lowest BCUT2D eigenvalue weighted by atomic mass is 9.98. The standard InChI is InChI=1S/C24H19FN2O5S/c1-33(31,32)18-8-6-17(7-9-18)26-23(15-4-2-3-14(11-15)12-21(28)29)22-19-10-5-16(25)13-20(19)27-24(22)30/h2-11,13,26H,12H2,1H3,(H,27,30)(H,28,29). The Balaban J connectivity index is 1.86. The van der Waals surface area contributed by atoms with Crippen molar-refractivity contribution >= 4 is 44.4 Å². The average Bonchev–Trinajstić information content (AvgIpc) is 3.06. The molecule has 3 N–H and O–H groups in total. The van der Waals surface area contributed by atoms with E-state index in [0.717, 1.165) is 6.26 Å². The van der Waals surface area contributed by atoms with Gasteiger partial charge in [-0.05, 0) is 59.7 Å². The van der Waals surface area contributed by atoms with Crippen LogP contribution in [0.25, 0.3) is 11.3 Å². The second-order valence-electron chi connectivity index (χ2n) is 7.59. The normalized spacial score (nSPS) is 14.4. The number of rotatable bonds is 6. The largest absolute Gasteiger partial charge is 0.481 e. The van der Waals surface area contributed by atoms with Gasteiger partial charge < -0.3 is 15.7 Å². The van der Waals surface area contributed by atoms with Crippen LogP contribution in [0, 0.1) is 5.82 Å². The molecule has 4 rings (SSSR count). The lowest BCUT2D eigenvalue weighted by Crippen LogP contribution is -2.10. The maximum absolute atomic E-state index is 13.7. The molecule has 0 radical (unpaired) electrons. The summed E-state index contributed by atoms with van der Waals surface area (Å²) in [6.45, 7) is 0. The maximum Gasteiger partial charge on any atom is 0.307 e. The van der Waals surface area contributed by atoms with Gasteiger partial charge in [-0.25, -0.2) is 12.8 Å². The minimum Gasteiger partial charge on any atom is -0.481 e. The van der Waals surface area contributed by atoms with Crippen molar-refractivity contribution in [3.63, 3.8) is 0 Å². The zero-order valence-electron chi connectivity index (χ0n) is 17.4. The Kier molecular flexibility index (Phi) is 5.73. The quantitative estimate of drug-likeness (QED) is 0.477. The highest BCUT2D eigenvalue weighted by atomic mass is 32.2. The van der Waals surface area contributed by atoms with E-state index in [-0.39, 0.29) is 16.9 Å². The first-order valence-electron chi connectivity index (χ1n) is 9.85. The summed E-state index contributed by atoms with van der Waals surface area (Å²) in [4.78, 5) is 24.2. The van der Waals surface area contributed by atoms with Crippen LogP contribution in [0.5, 0.6) is 0 Å². The lowest BCUT2D eigenvalue weighted by molar-refractivity contribution is -0.136. The molecule has 0 spiro atoms. The Morgan fingerprint density at radius 2 is 1.79 bits per heavy atom. The Bertz CT molecular complexity index is 1410. The van der Waals surface area contributed by atoms with Crippen molar-refractivity contribution in [3.8, 4) is 0 Å². The SMILES string of the molecule is CS(=O)(=O)c1ccc(NC(=C2C(=O)Nc3cc(F)ccc32)c2cccc(CC(=O)O)c2)cc1. The van der Waals surface area contributed by atoms with Gasteiger partial charge >= 0.3 is 5.97 Å². The number of aliphatic carboxylic acids is 1. The molecule has 0 bridgehead atoms. The summed E-state index contributed by atoms with van der Waals surface area (Å²) in [6, 6.07) is 16.7. The van der Waals surface area contributed by atoms with Crippen molar-refractivity contribution < 1.29 is 27.5 Å². The van der Waals surface area contributed by atoms with E-state index in [1.165, 1.54) is 30.3 Å². The highest BCUT2D eigenvalue weighted by molar-refractivity contribution is 7.90. The van der Waals surface area contributed by atoms with Gasteiger partial charge in [0.05, 0.1) is 28.3 Å². The monoisotopic (exact) mass is 466 g/mol. The minimum absolute atomic E-state index is 0.144. The van der Waals surface area contributed by atoms with Crippen LogP contribution in [0.4, 0.5) is 15.8 Å². The third-order valence-electron chi connectivity index (χ3n) is 5.10. The van der Waals surface area contributed by atoms with Crippen molar-refractivity contribution in [2.45, 2.75) is 11.3 Å². The van der Waals surface area contributed by atoms with Crippen molar-refractivity contribution in [1.82, 2.24) is 0 Å². The summed E-state index contributed by atoms with van der Waals surface area (Å²) in [5.74, 6) is -1.94. The number of carboxylic acid groups (broad SMARTS) is 1. The number of carbonyl (C=O) groups is 2. The Hall–Kier alpha value is -3.98. The molecule has 0 aromatic heterocycles. The van der Waals surface area contributed by atoms with Crippen molar-refractivity contribution in [3.05, 3.63) is 89.2 Å². The van der Waals surface area contributed by atoms with Gasteiger partial charge in [0.25, 0.3) is 5.91 Å². The van der Waals surface area contributed by atoms with E-state index in [0.29, 0.717) is 33.8 Å². The molecule has 168 valence electrons. The number of amides is 1. The summed E-state index contributed by atoms with van der Waals surface area (Å²) in [6.07, 6.45) is 0.906. The number of halogens is 1. The van der Waals surface area contributed by atoms with Gasteiger partial charge in [-0.1, -0.05) is 18.2 Å². The number of hydrogen-bond donors (Lipinski definition) is 3. The fourth-order valence-corrected chi connectivity index (χ4v) is 4.24. The van der Waals surface area contributed by atoms with E-state index in [4.69, 9.17) is 5.11 Å². The molecule has 0 aliphatic carbocycles. The topological polar surface area (TPSA) is 113 Å². The van der Waals surface area contributed by atoms with Crippen LogP contribution in [0.3, 0.4) is 0 Å². The van der Waals surface area contributed by atoms with Crippen LogP contribution in [-0.2, 0) is 25.8 Å². The summed E-state index contributed by atoms with van der Waals surface area (Å²) < 4.78 is 37.2. The second kappa shape index (κ2) is 8.51. The fourth-order valence-electron chi connectivity index (χ4n) is 3.61. The first-order valence-corrected chi connectivity index (χ1v) is 11.7. The van der Waals surface area contributed by atoms with Crippen molar-refractivity contribution in [2.24, 2.45) is 0 Å². The van der Waals surface area contributed by atoms with Gasteiger partial charge in [-0.15, -0.1) is 0 Å². The molecule has 3 aromatic carbocycles. The van der Waals surface area contributed by atoms with E-state index >= 15 is 0 Å². The van der Waals surface area contributed by atoms with Gasteiger partial charge in [-0.2, -0.15) is 0 Å². The average molecular weight is 466 g/mol. The Morgan fingerprint density at radius 3 is 2.45 bits per heavy atom. The highest BCUT2D eigenvalue weighted by Crippen LogP contribution is 2.38. The molecule has 33 heavy (non-hydrogen) atoms. The molecule has 1 amide bonds. The number of fused-ring (bicyclic) bond motifs is 1. The van der Waals surface area contributed by atoms with Gasteiger partial charge in [0.1, 0.15) is 5.82 Å². The first kappa shape index (κ1) is 22.2. The molecule has 0 unspecified atom stereocenters. The molecular formula is C24H19FN2O5S. The second-order valence-corrected chi connectivity index (χ2v) is 9.60. The zero-order valence-corrected chi connectivity index (χ0v) is 18.2. The predicted molar refractivity (Wildman–Crippen MR) is 123 cm³/mol. The highest BCUT2D eigenvalue weighted by Gasteiger charge is 2.29. The Morgan fingerprint density at radius 1 is 1.06 bits per heavy atom. The van der Waals surface area contributed by atoms with E-state index in [9.17, 15) is 22.4 Å². The van der Waals surface area contributed by atoms with E-state index < -0.39 is 27.5 Å². The molecule has 0 saturated heterocycles. The van der Waals surface area contributed by atoms with Gasteiger partial charge in [-0.3, -0.25) is 9.59 Å². The number of benzene rings is 3. The first-order chi connectivity index (χ1) is 15.6. The van der Waals surface area contributed by atoms with Gasteiger partial charge in [0.2, 0.25) is 0 Å². The molecule has 1 aliphatic rings. The molecule has 0 atom stereocenters. The van der Waals surface area contributed by atoms with Crippen LogP contribution >= 0.6 is 0 Å². The van der Waals surface area contributed by atoms with Crippen molar-refractivity contribution in [2.75, 3.05) is 16.9 Å². The fraction of sp³-hybridized carbons (Fsp3) is 0.0833. The van der Waals surface area contributed by atoms with Crippen LogP contribution in [0.2, 0.25) is 0 Å².